The van der Waals surface area contributed by atoms with Gasteiger partial charge in [0.2, 0.25) is 10.0 Å². The van der Waals surface area contributed by atoms with Gasteiger partial charge >= 0.3 is 0 Å². The lowest BCUT2D eigenvalue weighted by atomic mass is 10.2. The highest BCUT2D eigenvalue weighted by atomic mass is 32.2. The molecule has 5 heteroatoms. The van der Waals surface area contributed by atoms with Crippen LogP contribution in [0, 0.1) is 11.3 Å². The molecule has 0 saturated heterocycles. The first-order valence-electron chi connectivity index (χ1n) is 5.04. The fourth-order valence-electron chi connectivity index (χ4n) is 1.57. The van der Waals surface area contributed by atoms with Crippen molar-refractivity contribution in [2.45, 2.75) is 23.8 Å². The molecule has 0 unspecified atom stereocenters. The van der Waals surface area contributed by atoms with Crippen LogP contribution in [0.5, 0.6) is 0 Å². The largest absolute Gasteiger partial charge is 0.244 e. The summed E-state index contributed by atoms with van der Waals surface area (Å²) in [7, 11) is -1.94. The molecule has 0 spiro atoms. The standard InChI is InChI=1S/C11H12N2O2S/c1-13(10-6-7-10)16(14,15)11-5-3-2-4-9(11)8-12/h2-5,10H,6-7H2,1H3. The molecule has 0 N–H and O–H groups in total. The summed E-state index contributed by atoms with van der Waals surface area (Å²) >= 11 is 0. The smallest absolute Gasteiger partial charge is 0.207 e. The lowest BCUT2D eigenvalue weighted by molar-refractivity contribution is 0.464. The van der Waals surface area contributed by atoms with E-state index < -0.39 is 10.0 Å². The first kappa shape index (κ1) is 11.1. The van der Waals surface area contributed by atoms with Crippen molar-refractivity contribution >= 4 is 10.0 Å². The highest BCUT2D eigenvalue weighted by Crippen LogP contribution is 2.31. The highest BCUT2D eigenvalue weighted by Gasteiger charge is 2.35. The summed E-state index contributed by atoms with van der Waals surface area (Å²) in [6.45, 7) is 0. The Morgan fingerprint density at radius 3 is 2.56 bits per heavy atom. The van der Waals surface area contributed by atoms with E-state index in [0.29, 0.717) is 0 Å². The highest BCUT2D eigenvalue weighted by molar-refractivity contribution is 7.89. The van der Waals surface area contributed by atoms with Crippen LogP contribution in [0.3, 0.4) is 0 Å². The molecule has 84 valence electrons. The second-order valence-corrected chi connectivity index (χ2v) is 5.83. The third-order valence-electron chi connectivity index (χ3n) is 2.73. The number of benzene rings is 1. The van der Waals surface area contributed by atoms with E-state index in [1.54, 1.807) is 19.2 Å². The molecular formula is C11H12N2O2S. The maximum absolute atomic E-state index is 12.2. The van der Waals surface area contributed by atoms with Gasteiger partial charge in [0.15, 0.2) is 0 Å². The molecule has 1 aromatic carbocycles. The van der Waals surface area contributed by atoms with Crippen molar-refractivity contribution in [3.63, 3.8) is 0 Å². The van der Waals surface area contributed by atoms with E-state index in [9.17, 15) is 8.42 Å². The minimum absolute atomic E-state index is 0.104. The zero-order valence-corrected chi connectivity index (χ0v) is 9.74. The Morgan fingerprint density at radius 2 is 2.00 bits per heavy atom. The van der Waals surface area contributed by atoms with Gasteiger partial charge in [-0.05, 0) is 25.0 Å². The quantitative estimate of drug-likeness (QED) is 0.795. The molecule has 0 heterocycles. The molecule has 0 atom stereocenters. The Morgan fingerprint density at radius 1 is 1.38 bits per heavy atom. The van der Waals surface area contributed by atoms with Gasteiger partial charge in [-0.1, -0.05) is 12.1 Å². The molecule has 0 aliphatic heterocycles. The molecule has 1 fully saturated rings. The number of sulfonamides is 1. The first-order chi connectivity index (χ1) is 7.57. The van der Waals surface area contributed by atoms with Crippen molar-refractivity contribution in [3.8, 4) is 6.07 Å². The van der Waals surface area contributed by atoms with Gasteiger partial charge in [-0.25, -0.2) is 8.42 Å². The van der Waals surface area contributed by atoms with Crippen LogP contribution in [-0.4, -0.2) is 25.8 Å². The summed E-state index contributed by atoms with van der Waals surface area (Å²) in [6.07, 6.45) is 1.81. The Balaban J connectivity index is 2.47. The van der Waals surface area contributed by atoms with Gasteiger partial charge in [0, 0.05) is 13.1 Å². The first-order valence-corrected chi connectivity index (χ1v) is 6.48. The van der Waals surface area contributed by atoms with Crippen LogP contribution in [-0.2, 0) is 10.0 Å². The zero-order chi connectivity index (χ0) is 11.8. The number of nitrogens with zero attached hydrogens (tertiary/aromatic N) is 2. The van der Waals surface area contributed by atoms with Crippen molar-refractivity contribution < 1.29 is 8.42 Å². The van der Waals surface area contributed by atoms with Gasteiger partial charge in [0.25, 0.3) is 0 Å². The third-order valence-corrected chi connectivity index (χ3v) is 4.69. The van der Waals surface area contributed by atoms with Crippen molar-refractivity contribution in [3.05, 3.63) is 29.8 Å². The van der Waals surface area contributed by atoms with Gasteiger partial charge in [-0.2, -0.15) is 9.57 Å². The average Bonchev–Trinajstić information content (AvgIpc) is 3.11. The second kappa shape index (κ2) is 3.89. The van der Waals surface area contributed by atoms with Crippen LogP contribution < -0.4 is 0 Å². The van der Waals surface area contributed by atoms with Gasteiger partial charge < -0.3 is 0 Å². The molecular weight excluding hydrogens is 224 g/mol. The van der Waals surface area contributed by atoms with Crippen molar-refractivity contribution in [2.75, 3.05) is 7.05 Å². The molecule has 0 aromatic heterocycles. The monoisotopic (exact) mass is 236 g/mol. The van der Waals surface area contributed by atoms with E-state index in [-0.39, 0.29) is 16.5 Å². The molecule has 1 aliphatic carbocycles. The predicted octanol–water partition coefficient (Wildman–Crippen LogP) is 1.34. The second-order valence-electron chi connectivity index (χ2n) is 3.86. The maximum atomic E-state index is 12.2. The van der Waals surface area contributed by atoms with Crippen LogP contribution in [0.25, 0.3) is 0 Å². The van der Waals surface area contributed by atoms with Crippen molar-refractivity contribution in [2.24, 2.45) is 0 Å². The molecule has 0 amide bonds. The van der Waals surface area contributed by atoms with Gasteiger partial charge in [-0.3, -0.25) is 0 Å². The fourth-order valence-corrected chi connectivity index (χ4v) is 3.13. The summed E-state index contributed by atoms with van der Waals surface area (Å²) < 4.78 is 25.7. The molecule has 1 aromatic rings. The minimum atomic E-state index is -3.51. The van der Waals surface area contributed by atoms with Crippen LogP contribution in [0.2, 0.25) is 0 Å². The SMILES string of the molecule is CN(C1CC1)S(=O)(=O)c1ccccc1C#N. The van der Waals surface area contributed by atoms with Gasteiger partial charge in [-0.15, -0.1) is 0 Å². The van der Waals surface area contributed by atoms with Crippen LogP contribution in [0.4, 0.5) is 0 Å². The van der Waals surface area contributed by atoms with Crippen LogP contribution in [0.15, 0.2) is 29.2 Å². The van der Waals surface area contributed by atoms with Crippen LogP contribution >= 0.6 is 0 Å². The molecule has 1 saturated carbocycles. The lowest BCUT2D eigenvalue weighted by Gasteiger charge is -2.16. The summed E-state index contributed by atoms with van der Waals surface area (Å²) in [5.74, 6) is 0. The topological polar surface area (TPSA) is 61.2 Å². The molecule has 0 bridgehead atoms. The fraction of sp³-hybridized carbons (Fsp3) is 0.364. The van der Waals surface area contributed by atoms with E-state index >= 15 is 0 Å². The number of nitriles is 1. The van der Waals surface area contributed by atoms with Crippen molar-refractivity contribution in [1.82, 2.24) is 4.31 Å². The van der Waals surface area contributed by atoms with E-state index in [2.05, 4.69) is 0 Å². The Kier molecular flexibility index (Phi) is 2.70. The normalized spacial score (nSPS) is 16.1. The molecule has 4 nitrogen and oxygen atoms in total. The van der Waals surface area contributed by atoms with Crippen LogP contribution in [0.1, 0.15) is 18.4 Å². The van der Waals surface area contributed by atoms with Gasteiger partial charge in [0.05, 0.1) is 10.5 Å². The zero-order valence-electron chi connectivity index (χ0n) is 8.92. The molecule has 16 heavy (non-hydrogen) atoms. The number of hydrogen-bond donors (Lipinski definition) is 0. The Hall–Kier alpha value is -1.38. The molecule has 0 radical (unpaired) electrons. The summed E-state index contributed by atoms with van der Waals surface area (Å²) in [5, 5.41) is 8.88. The molecule has 1 aliphatic rings. The van der Waals surface area contributed by atoms with Gasteiger partial charge in [0.1, 0.15) is 6.07 Å². The van der Waals surface area contributed by atoms with E-state index in [4.69, 9.17) is 5.26 Å². The average molecular weight is 236 g/mol. The molecule has 2 rings (SSSR count). The Bertz CT molecular complexity index is 541. The van der Waals surface area contributed by atoms with E-state index in [1.165, 1.54) is 16.4 Å². The van der Waals surface area contributed by atoms with E-state index in [1.807, 2.05) is 6.07 Å². The third kappa shape index (κ3) is 1.82. The predicted molar refractivity (Wildman–Crippen MR) is 59.1 cm³/mol. The lowest BCUT2D eigenvalue weighted by Crippen LogP contribution is -2.29. The Labute approximate surface area is 95.2 Å². The maximum Gasteiger partial charge on any atom is 0.244 e. The van der Waals surface area contributed by atoms with Crippen molar-refractivity contribution in [1.29, 1.82) is 5.26 Å². The summed E-state index contributed by atoms with van der Waals surface area (Å²) in [4.78, 5) is 0.104. The number of hydrogen-bond acceptors (Lipinski definition) is 3. The number of rotatable bonds is 3. The summed E-state index contributed by atoms with van der Waals surface area (Å²) in [5.41, 5.74) is 0.204. The summed E-state index contributed by atoms with van der Waals surface area (Å²) in [6, 6.07) is 8.31. The van der Waals surface area contributed by atoms with E-state index in [0.717, 1.165) is 12.8 Å². The minimum Gasteiger partial charge on any atom is -0.207 e.